The van der Waals surface area contributed by atoms with E-state index in [2.05, 4.69) is 0 Å². The lowest BCUT2D eigenvalue weighted by Gasteiger charge is -2.19. The quantitative estimate of drug-likeness (QED) is 0.437. The molecule has 1 fully saturated rings. The smallest absolute Gasteiger partial charge is 0.246 e. The number of ether oxygens (including phenoxy) is 3. The molecule has 0 saturated carbocycles. The van der Waals surface area contributed by atoms with Crippen molar-refractivity contribution < 1.29 is 23.4 Å². The molecule has 1 aromatic heterocycles. The molecule has 0 bridgehead atoms. The number of nitrogens with zero attached hydrogens (tertiary/aromatic N) is 1. The van der Waals surface area contributed by atoms with Crippen molar-refractivity contribution in [3.05, 3.63) is 48.2 Å². The molecule has 0 atom stereocenters. The van der Waals surface area contributed by atoms with Crippen LogP contribution in [-0.2, 0) is 4.79 Å². The van der Waals surface area contributed by atoms with Crippen LogP contribution < -0.4 is 14.2 Å². The van der Waals surface area contributed by atoms with Crippen LogP contribution in [0.3, 0.4) is 0 Å². The molecular formula is C27H31NO5. The van der Waals surface area contributed by atoms with Gasteiger partial charge in [-0.2, -0.15) is 0 Å². The zero-order valence-corrected chi connectivity index (χ0v) is 19.8. The van der Waals surface area contributed by atoms with Crippen LogP contribution in [0, 0.1) is 0 Å². The van der Waals surface area contributed by atoms with Gasteiger partial charge >= 0.3 is 0 Å². The van der Waals surface area contributed by atoms with Gasteiger partial charge in [0.25, 0.3) is 0 Å². The van der Waals surface area contributed by atoms with Gasteiger partial charge in [-0.25, -0.2) is 0 Å². The van der Waals surface area contributed by atoms with Crippen molar-refractivity contribution in [1.29, 1.82) is 0 Å². The van der Waals surface area contributed by atoms with Crippen LogP contribution in [0.1, 0.15) is 38.2 Å². The lowest BCUT2D eigenvalue weighted by atomic mass is 9.98. The topological polar surface area (TPSA) is 61.1 Å². The van der Waals surface area contributed by atoms with Crippen LogP contribution in [0.15, 0.2) is 47.1 Å². The third-order valence-electron chi connectivity index (χ3n) is 6.27. The van der Waals surface area contributed by atoms with Crippen molar-refractivity contribution in [2.45, 2.75) is 32.6 Å². The van der Waals surface area contributed by atoms with E-state index in [0.29, 0.717) is 11.3 Å². The molecule has 1 aliphatic rings. The van der Waals surface area contributed by atoms with Gasteiger partial charge in [0, 0.05) is 47.3 Å². The molecule has 1 aliphatic heterocycles. The Morgan fingerprint density at radius 3 is 2.30 bits per heavy atom. The highest BCUT2D eigenvalue weighted by molar-refractivity contribution is 6.01. The zero-order valence-electron chi connectivity index (χ0n) is 19.8. The molecule has 2 heterocycles. The minimum atomic E-state index is 0.0541. The zero-order chi connectivity index (χ0) is 23.4. The summed E-state index contributed by atoms with van der Waals surface area (Å²) in [6.07, 6.45) is 7.94. The second kappa shape index (κ2) is 10.0. The van der Waals surface area contributed by atoms with Gasteiger partial charge in [-0.3, -0.25) is 4.79 Å². The van der Waals surface area contributed by atoms with E-state index in [-0.39, 0.29) is 5.91 Å². The standard InChI is InChI=1S/C27H31NO5/c1-18(13-27(29)28-11-7-5-6-8-12-28)20-15-22-23(17-33-26(22)16-25(20)32-4)21-14-19(30-2)9-10-24(21)31-3/h9-10,13-17H,5-8,11-12H2,1-4H3/b18-13+. The average Bonchev–Trinajstić information content (AvgIpc) is 3.05. The van der Waals surface area contributed by atoms with Gasteiger partial charge in [-0.15, -0.1) is 0 Å². The number of benzene rings is 2. The molecule has 4 rings (SSSR count). The molecule has 6 nitrogen and oxygen atoms in total. The Labute approximate surface area is 194 Å². The summed E-state index contributed by atoms with van der Waals surface area (Å²) in [4.78, 5) is 14.9. The molecule has 174 valence electrons. The van der Waals surface area contributed by atoms with E-state index in [0.717, 1.165) is 65.1 Å². The third-order valence-corrected chi connectivity index (χ3v) is 6.27. The molecular weight excluding hydrogens is 418 g/mol. The number of likely N-dealkylation sites (tertiary alicyclic amines) is 1. The Bertz CT molecular complexity index is 1170. The summed E-state index contributed by atoms with van der Waals surface area (Å²) < 4.78 is 22.5. The number of methoxy groups -OCH3 is 3. The summed E-state index contributed by atoms with van der Waals surface area (Å²) in [6, 6.07) is 9.56. The number of rotatable bonds is 6. The minimum Gasteiger partial charge on any atom is -0.497 e. The van der Waals surface area contributed by atoms with Crippen molar-refractivity contribution in [2.75, 3.05) is 34.4 Å². The number of allylic oxidation sites excluding steroid dienone is 1. The second-order valence-electron chi connectivity index (χ2n) is 8.33. The van der Waals surface area contributed by atoms with Crippen molar-refractivity contribution in [1.82, 2.24) is 4.90 Å². The van der Waals surface area contributed by atoms with Crippen LogP contribution in [0.25, 0.3) is 27.7 Å². The Morgan fingerprint density at radius 1 is 0.909 bits per heavy atom. The first-order chi connectivity index (χ1) is 16.0. The van der Waals surface area contributed by atoms with Gasteiger partial charge in [0.2, 0.25) is 5.91 Å². The summed E-state index contributed by atoms with van der Waals surface area (Å²) in [5, 5.41) is 0.910. The van der Waals surface area contributed by atoms with Gasteiger partial charge in [-0.05, 0) is 49.6 Å². The molecule has 0 radical (unpaired) electrons. The van der Waals surface area contributed by atoms with Crippen molar-refractivity contribution in [2.24, 2.45) is 0 Å². The van der Waals surface area contributed by atoms with E-state index in [4.69, 9.17) is 18.6 Å². The number of carbonyl (C=O) groups excluding carboxylic acids is 1. The van der Waals surface area contributed by atoms with Crippen molar-refractivity contribution >= 4 is 22.4 Å². The molecule has 0 N–H and O–H groups in total. The Balaban J connectivity index is 1.77. The fourth-order valence-corrected chi connectivity index (χ4v) is 4.41. The van der Waals surface area contributed by atoms with Crippen LogP contribution in [-0.4, -0.2) is 45.2 Å². The summed E-state index contributed by atoms with van der Waals surface area (Å²) in [7, 11) is 4.91. The highest BCUT2D eigenvalue weighted by Gasteiger charge is 2.19. The molecule has 1 saturated heterocycles. The Morgan fingerprint density at radius 2 is 1.64 bits per heavy atom. The molecule has 0 spiro atoms. The Hall–Kier alpha value is -3.41. The summed E-state index contributed by atoms with van der Waals surface area (Å²) in [5.74, 6) is 2.17. The second-order valence-corrected chi connectivity index (χ2v) is 8.33. The minimum absolute atomic E-state index is 0.0541. The van der Waals surface area contributed by atoms with Crippen molar-refractivity contribution in [3.63, 3.8) is 0 Å². The highest BCUT2D eigenvalue weighted by Crippen LogP contribution is 2.41. The van der Waals surface area contributed by atoms with Gasteiger partial charge in [0.15, 0.2) is 0 Å². The van der Waals surface area contributed by atoms with Crippen LogP contribution in [0.2, 0.25) is 0 Å². The molecule has 0 unspecified atom stereocenters. The van der Waals surface area contributed by atoms with Gasteiger partial charge in [-0.1, -0.05) is 12.8 Å². The van der Waals surface area contributed by atoms with E-state index < -0.39 is 0 Å². The van der Waals surface area contributed by atoms with E-state index in [1.807, 2.05) is 42.2 Å². The van der Waals surface area contributed by atoms with Crippen LogP contribution in [0.4, 0.5) is 0 Å². The fourth-order valence-electron chi connectivity index (χ4n) is 4.41. The SMILES string of the molecule is COc1ccc(OC)c(-c2coc3cc(OC)c(/C(C)=C/C(=O)N4CCCCCC4)cc23)c1. The first kappa shape index (κ1) is 22.8. The lowest BCUT2D eigenvalue weighted by Crippen LogP contribution is -2.30. The predicted molar refractivity (Wildman–Crippen MR) is 130 cm³/mol. The van der Waals surface area contributed by atoms with Crippen LogP contribution >= 0.6 is 0 Å². The molecule has 33 heavy (non-hydrogen) atoms. The number of hydrogen-bond donors (Lipinski definition) is 0. The van der Waals surface area contributed by atoms with E-state index in [1.165, 1.54) is 12.8 Å². The van der Waals surface area contributed by atoms with Gasteiger partial charge in [0.05, 0.1) is 27.6 Å². The summed E-state index contributed by atoms with van der Waals surface area (Å²) in [6.45, 7) is 3.59. The number of carbonyl (C=O) groups is 1. The van der Waals surface area contributed by atoms with E-state index in [1.54, 1.807) is 33.7 Å². The number of fused-ring (bicyclic) bond motifs is 1. The Kier molecular flexibility index (Phi) is 6.92. The highest BCUT2D eigenvalue weighted by atomic mass is 16.5. The lowest BCUT2D eigenvalue weighted by molar-refractivity contribution is -0.125. The molecule has 0 aliphatic carbocycles. The summed E-state index contributed by atoms with van der Waals surface area (Å²) >= 11 is 0. The molecule has 3 aromatic rings. The van der Waals surface area contributed by atoms with Crippen LogP contribution in [0.5, 0.6) is 17.2 Å². The van der Waals surface area contributed by atoms with Gasteiger partial charge < -0.3 is 23.5 Å². The maximum absolute atomic E-state index is 13.0. The van der Waals surface area contributed by atoms with Gasteiger partial charge in [0.1, 0.15) is 22.8 Å². The number of amides is 1. The maximum Gasteiger partial charge on any atom is 0.246 e. The monoisotopic (exact) mass is 449 g/mol. The summed E-state index contributed by atoms with van der Waals surface area (Å²) in [5.41, 5.74) is 4.16. The van der Waals surface area contributed by atoms with Crippen molar-refractivity contribution in [3.8, 4) is 28.4 Å². The largest absolute Gasteiger partial charge is 0.497 e. The number of furan rings is 1. The molecule has 2 aromatic carbocycles. The normalized spacial score (nSPS) is 14.8. The fraction of sp³-hybridized carbons (Fsp3) is 0.370. The van der Waals surface area contributed by atoms with E-state index >= 15 is 0 Å². The van der Waals surface area contributed by atoms with E-state index in [9.17, 15) is 4.79 Å². The molecule has 6 heteroatoms. The molecule has 1 amide bonds. The first-order valence-electron chi connectivity index (χ1n) is 11.3. The third kappa shape index (κ3) is 4.70. The maximum atomic E-state index is 13.0. The average molecular weight is 450 g/mol. The predicted octanol–water partition coefficient (Wildman–Crippen LogP) is 5.93. The number of hydrogen-bond acceptors (Lipinski definition) is 5. The first-order valence-corrected chi connectivity index (χ1v) is 11.3.